The van der Waals surface area contributed by atoms with Gasteiger partial charge in [0.2, 0.25) is 0 Å². The summed E-state index contributed by atoms with van der Waals surface area (Å²) < 4.78 is 0. The molecule has 0 N–H and O–H groups in total. The molecule has 0 saturated heterocycles. The molecule has 0 spiro atoms. The first-order valence-corrected chi connectivity index (χ1v) is 6.65. The normalized spacial score (nSPS) is 10.4. The molecule has 2 aromatic carbocycles. The summed E-state index contributed by atoms with van der Waals surface area (Å²) in [5.74, 6) is 0. The zero-order chi connectivity index (χ0) is 12.2. The van der Waals surface area contributed by atoms with Crippen molar-refractivity contribution in [3.63, 3.8) is 0 Å². The van der Waals surface area contributed by atoms with Gasteiger partial charge in [0.1, 0.15) is 10.0 Å². The quantitative estimate of drug-likeness (QED) is 0.708. The maximum absolute atomic E-state index is 4.26. The van der Waals surface area contributed by atoms with Crippen LogP contribution in [0.2, 0.25) is 0 Å². The van der Waals surface area contributed by atoms with Crippen molar-refractivity contribution >= 4 is 11.3 Å². The fourth-order valence-corrected chi connectivity index (χ4v) is 2.67. The van der Waals surface area contributed by atoms with E-state index in [1.54, 1.807) is 11.3 Å². The second-order valence-corrected chi connectivity index (χ2v) is 5.09. The van der Waals surface area contributed by atoms with Crippen LogP contribution in [0.25, 0.3) is 10.6 Å². The molecule has 0 atom stereocenters. The Labute approximate surface area is 110 Å². The molecule has 0 saturated carbocycles. The molecule has 0 bridgehead atoms. The van der Waals surface area contributed by atoms with E-state index < -0.39 is 0 Å². The second-order valence-electron chi connectivity index (χ2n) is 4.03. The topological polar surface area (TPSA) is 25.8 Å². The summed E-state index contributed by atoms with van der Waals surface area (Å²) in [6, 6.07) is 20.5. The lowest BCUT2D eigenvalue weighted by Gasteiger charge is -1.95. The summed E-state index contributed by atoms with van der Waals surface area (Å²) in [4.78, 5) is 0. The standard InChI is InChI=1S/C15H12N2S/c1-3-7-12(8-4-1)11-14-16-17-15(18-14)13-9-5-2-6-10-13/h1-10H,11H2. The van der Waals surface area contributed by atoms with Gasteiger partial charge < -0.3 is 0 Å². The summed E-state index contributed by atoms with van der Waals surface area (Å²) in [5.41, 5.74) is 2.41. The maximum Gasteiger partial charge on any atom is 0.147 e. The van der Waals surface area contributed by atoms with Crippen molar-refractivity contribution in [3.05, 3.63) is 71.2 Å². The third kappa shape index (κ3) is 2.46. The van der Waals surface area contributed by atoms with Gasteiger partial charge in [0.05, 0.1) is 0 Å². The average molecular weight is 252 g/mol. The molecule has 0 fully saturated rings. The second kappa shape index (κ2) is 5.10. The maximum atomic E-state index is 4.26. The van der Waals surface area contributed by atoms with Crippen LogP contribution in [0.3, 0.4) is 0 Å². The highest BCUT2D eigenvalue weighted by molar-refractivity contribution is 7.14. The van der Waals surface area contributed by atoms with E-state index in [1.807, 2.05) is 24.3 Å². The number of benzene rings is 2. The number of rotatable bonds is 3. The molecule has 88 valence electrons. The van der Waals surface area contributed by atoms with Gasteiger partial charge in [-0.15, -0.1) is 10.2 Å². The molecule has 0 amide bonds. The van der Waals surface area contributed by atoms with Crippen LogP contribution in [0.5, 0.6) is 0 Å². The minimum absolute atomic E-state index is 0.853. The van der Waals surface area contributed by atoms with E-state index in [4.69, 9.17) is 0 Å². The summed E-state index contributed by atoms with van der Waals surface area (Å²) in [7, 11) is 0. The Morgan fingerprint density at radius 1 is 0.778 bits per heavy atom. The minimum atomic E-state index is 0.853. The molecule has 0 aliphatic heterocycles. The van der Waals surface area contributed by atoms with Crippen molar-refractivity contribution < 1.29 is 0 Å². The molecule has 18 heavy (non-hydrogen) atoms. The Balaban J connectivity index is 1.82. The lowest BCUT2D eigenvalue weighted by molar-refractivity contribution is 1.01. The summed E-state index contributed by atoms with van der Waals surface area (Å²) in [6.45, 7) is 0. The Kier molecular flexibility index (Phi) is 3.15. The predicted octanol–water partition coefficient (Wildman–Crippen LogP) is 3.80. The van der Waals surface area contributed by atoms with Crippen LogP contribution in [0.1, 0.15) is 10.6 Å². The Morgan fingerprint density at radius 3 is 2.17 bits per heavy atom. The average Bonchev–Trinajstić information content (AvgIpc) is 2.89. The number of hydrogen-bond donors (Lipinski definition) is 0. The highest BCUT2D eigenvalue weighted by atomic mass is 32.1. The first-order chi connectivity index (χ1) is 8.92. The van der Waals surface area contributed by atoms with Crippen LogP contribution >= 0.6 is 11.3 Å². The fraction of sp³-hybridized carbons (Fsp3) is 0.0667. The molecule has 3 heteroatoms. The van der Waals surface area contributed by atoms with Crippen molar-refractivity contribution in [2.24, 2.45) is 0 Å². The van der Waals surface area contributed by atoms with Gasteiger partial charge >= 0.3 is 0 Å². The largest absolute Gasteiger partial charge is 0.147 e. The van der Waals surface area contributed by atoms with Crippen LogP contribution in [-0.4, -0.2) is 10.2 Å². The van der Waals surface area contributed by atoms with E-state index in [1.165, 1.54) is 5.56 Å². The van der Waals surface area contributed by atoms with Crippen molar-refractivity contribution in [3.8, 4) is 10.6 Å². The zero-order valence-corrected chi connectivity index (χ0v) is 10.6. The van der Waals surface area contributed by atoms with E-state index in [-0.39, 0.29) is 0 Å². The molecule has 3 aromatic rings. The van der Waals surface area contributed by atoms with Crippen molar-refractivity contribution in [1.82, 2.24) is 10.2 Å². The smallest absolute Gasteiger partial charge is 0.143 e. The molecule has 0 radical (unpaired) electrons. The first-order valence-electron chi connectivity index (χ1n) is 5.83. The van der Waals surface area contributed by atoms with Gasteiger partial charge in [0.15, 0.2) is 0 Å². The molecule has 3 rings (SSSR count). The predicted molar refractivity (Wildman–Crippen MR) is 74.6 cm³/mol. The molecular weight excluding hydrogens is 240 g/mol. The minimum Gasteiger partial charge on any atom is -0.143 e. The van der Waals surface area contributed by atoms with Gasteiger partial charge in [-0.2, -0.15) is 0 Å². The highest BCUT2D eigenvalue weighted by Gasteiger charge is 2.06. The SMILES string of the molecule is c1ccc(Cc2nnc(-c3ccccc3)s2)cc1. The number of aromatic nitrogens is 2. The van der Waals surface area contributed by atoms with E-state index in [0.717, 1.165) is 22.0 Å². The molecule has 1 aromatic heterocycles. The van der Waals surface area contributed by atoms with E-state index in [2.05, 4.69) is 46.6 Å². The molecule has 2 nitrogen and oxygen atoms in total. The van der Waals surface area contributed by atoms with Crippen LogP contribution in [0, 0.1) is 0 Å². The summed E-state index contributed by atoms with van der Waals surface area (Å²) in [5, 5.41) is 10.6. The molecule has 0 aliphatic rings. The van der Waals surface area contributed by atoms with Crippen LogP contribution in [0.4, 0.5) is 0 Å². The third-order valence-corrected chi connectivity index (χ3v) is 3.66. The first kappa shape index (κ1) is 11.1. The fourth-order valence-electron chi connectivity index (χ4n) is 1.79. The molecule has 1 heterocycles. The van der Waals surface area contributed by atoms with E-state index in [0.29, 0.717) is 0 Å². The van der Waals surface area contributed by atoms with Crippen LogP contribution in [0.15, 0.2) is 60.7 Å². The Morgan fingerprint density at radius 2 is 1.44 bits per heavy atom. The molecular formula is C15H12N2S. The highest BCUT2D eigenvalue weighted by Crippen LogP contribution is 2.24. The number of hydrogen-bond acceptors (Lipinski definition) is 3. The van der Waals surface area contributed by atoms with Crippen molar-refractivity contribution in [2.45, 2.75) is 6.42 Å². The van der Waals surface area contributed by atoms with Gasteiger partial charge in [-0.25, -0.2) is 0 Å². The van der Waals surface area contributed by atoms with E-state index in [9.17, 15) is 0 Å². The van der Waals surface area contributed by atoms with Gasteiger partial charge in [-0.05, 0) is 5.56 Å². The lowest BCUT2D eigenvalue weighted by atomic mass is 10.2. The van der Waals surface area contributed by atoms with Crippen molar-refractivity contribution in [1.29, 1.82) is 0 Å². The Hall–Kier alpha value is -2.00. The summed E-state index contributed by atoms with van der Waals surface area (Å²) >= 11 is 1.66. The van der Waals surface area contributed by atoms with Crippen molar-refractivity contribution in [2.75, 3.05) is 0 Å². The molecule has 0 aliphatic carbocycles. The third-order valence-electron chi connectivity index (χ3n) is 2.69. The van der Waals surface area contributed by atoms with Crippen LogP contribution < -0.4 is 0 Å². The van der Waals surface area contributed by atoms with Crippen LogP contribution in [-0.2, 0) is 6.42 Å². The monoisotopic (exact) mass is 252 g/mol. The van der Waals surface area contributed by atoms with Gasteiger partial charge in [-0.3, -0.25) is 0 Å². The van der Waals surface area contributed by atoms with Gasteiger partial charge in [0.25, 0.3) is 0 Å². The Bertz CT molecular complexity index is 617. The van der Waals surface area contributed by atoms with Gasteiger partial charge in [-0.1, -0.05) is 72.0 Å². The molecule has 0 unspecified atom stereocenters. The zero-order valence-electron chi connectivity index (χ0n) is 9.78. The van der Waals surface area contributed by atoms with E-state index >= 15 is 0 Å². The van der Waals surface area contributed by atoms with Gasteiger partial charge in [0, 0.05) is 12.0 Å². The number of nitrogens with zero attached hydrogens (tertiary/aromatic N) is 2. The lowest BCUT2D eigenvalue weighted by Crippen LogP contribution is -1.85. The summed E-state index contributed by atoms with van der Waals surface area (Å²) in [6.07, 6.45) is 0.853.